The molecule has 1 amide bonds. The van der Waals surface area contributed by atoms with Gasteiger partial charge in [0.15, 0.2) is 0 Å². The summed E-state index contributed by atoms with van der Waals surface area (Å²) >= 11 is 0. The number of nitrogens with zero attached hydrogens (tertiary/aromatic N) is 5. The van der Waals surface area contributed by atoms with Crippen LogP contribution in [0.3, 0.4) is 0 Å². The molecule has 1 aliphatic heterocycles. The molecular formula is C26H29FN6O. The molecule has 0 bridgehead atoms. The number of hydrogen-bond donors (Lipinski definition) is 1. The number of rotatable bonds is 7. The van der Waals surface area contributed by atoms with Crippen LogP contribution in [0.15, 0.2) is 61.3 Å². The lowest BCUT2D eigenvalue weighted by Crippen LogP contribution is -2.49. The van der Waals surface area contributed by atoms with Crippen LogP contribution in [0.25, 0.3) is 16.6 Å². The Morgan fingerprint density at radius 3 is 2.62 bits per heavy atom. The van der Waals surface area contributed by atoms with Crippen LogP contribution in [0, 0.1) is 5.82 Å². The summed E-state index contributed by atoms with van der Waals surface area (Å²) in [5.74, 6) is -0.766. The van der Waals surface area contributed by atoms with E-state index in [1.165, 1.54) is 17.0 Å². The second kappa shape index (κ2) is 9.77. The molecular weight excluding hydrogens is 431 g/mol. The van der Waals surface area contributed by atoms with Crippen LogP contribution in [0.4, 0.5) is 4.39 Å². The van der Waals surface area contributed by atoms with Crippen LogP contribution >= 0.6 is 0 Å². The quantitative estimate of drug-likeness (QED) is 0.456. The lowest BCUT2D eigenvalue weighted by Gasteiger charge is -2.36. The number of piperazine rings is 1. The van der Waals surface area contributed by atoms with E-state index in [-0.39, 0.29) is 11.7 Å². The number of aryl methyl sites for hydroxylation is 1. The third-order valence-corrected chi connectivity index (χ3v) is 6.81. The molecule has 7 nitrogen and oxygen atoms in total. The van der Waals surface area contributed by atoms with Gasteiger partial charge in [0.2, 0.25) is 5.91 Å². The maximum Gasteiger partial charge on any atom is 0.230 e. The molecule has 4 aromatic rings. The van der Waals surface area contributed by atoms with Crippen molar-refractivity contribution in [1.82, 2.24) is 29.5 Å². The van der Waals surface area contributed by atoms with Crippen molar-refractivity contribution in [2.24, 2.45) is 0 Å². The molecule has 1 saturated heterocycles. The molecule has 0 radical (unpaired) electrons. The zero-order chi connectivity index (χ0) is 23.5. The van der Waals surface area contributed by atoms with Gasteiger partial charge in [0.25, 0.3) is 0 Å². The van der Waals surface area contributed by atoms with Crippen molar-refractivity contribution in [2.45, 2.75) is 25.7 Å². The second-order valence-corrected chi connectivity index (χ2v) is 8.93. The first-order chi connectivity index (χ1) is 16.6. The number of H-pyrrole nitrogens is 1. The summed E-state index contributed by atoms with van der Waals surface area (Å²) in [6, 6.07) is 12.9. The summed E-state index contributed by atoms with van der Waals surface area (Å²) in [5, 5.41) is 9.01. The van der Waals surface area contributed by atoms with Crippen LogP contribution < -0.4 is 0 Å². The van der Waals surface area contributed by atoms with Gasteiger partial charge in [-0.3, -0.25) is 14.3 Å². The molecule has 2 aromatic heterocycles. The van der Waals surface area contributed by atoms with Crippen LogP contribution in [-0.2, 0) is 11.2 Å². The Balaban J connectivity index is 1.13. The van der Waals surface area contributed by atoms with Gasteiger partial charge in [-0.2, -0.15) is 0 Å². The minimum absolute atomic E-state index is 0.00689. The van der Waals surface area contributed by atoms with Crippen molar-refractivity contribution in [3.05, 3.63) is 78.3 Å². The van der Waals surface area contributed by atoms with Crippen LogP contribution in [0.1, 0.15) is 30.4 Å². The standard InChI is InChI=1S/C26H29FN6O/c1-19(22-6-2-3-7-24(22)27)26(34)32-13-11-31(12-14-32)10-4-5-20-16-28-25-9-8-21(15-23(20)25)33-17-29-30-18-33/h2-3,6-9,15-19,28H,4-5,10-14H2,1H3/t19-/m1/s1. The van der Waals surface area contributed by atoms with Gasteiger partial charge in [-0.1, -0.05) is 18.2 Å². The lowest BCUT2D eigenvalue weighted by molar-refractivity contribution is -0.134. The molecule has 1 aliphatic rings. The Labute approximate surface area is 198 Å². The van der Waals surface area contributed by atoms with Crippen molar-refractivity contribution in [3.8, 4) is 5.69 Å². The Hall–Kier alpha value is -3.52. The van der Waals surface area contributed by atoms with Gasteiger partial charge < -0.3 is 9.88 Å². The summed E-state index contributed by atoms with van der Waals surface area (Å²) in [4.78, 5) is 20.5. The summed E-state index contributed by atoms with van der Waals surface area (Å²) < 4.78 is 16.0. The first-order valence-electron chi connectivity index (χ1n) is 11.8. The van der Waals surface area contributed by atoms with Crippen molar-refractivity contribution >= 4 is 16.8 Å². The fourth-order valence-corrected chi connectivity index (χ4v) is 4.79. The zero-order valence-corrected chi connectivity index (χ0v) is 19.3. The largest absolute Gasteiger partial charge is 0.361 e. The van der Waals surface area contributed by atoms with E-state index in [1.807, 2.05) is 9.47 Å². The molecule has 2 aromatic carbocycles. The number of halogens is 1. The molecule has 0 unspecified atom stereocenters. The SMILES string of the molecule is C[C@@H](C(=O)N1CCN(CCCc2c[nH]c3ccc(-n4cnnc4)cc23)CC1)c1ccccc1F. The van der Waals surface area contributed by atoms with Crippen molar-refractivity contribution in [3.63, 3.8) is 0 Å². The number of hydrogen-bond acceptors (Lipinski definition) is 4. The summed E-state index contributed by atoms with van der Waals surface area (Å²) in [5.41, 5.74) is 3.95. The molecule has 34 heavy (non-hydrogen) atoms. The van der Waals surface area contributed by atoms with E-state index in [1.54, 1.807) is 37.8 Å². The first-order valence-corrected chi connectivity index (χ1v) is 11.8. The molecule has 1 atom stereocenters. The number of carbonyl (C=O) groups excluding carboxylic acids is 1. The summed E-state index contributed by atoms with van der Waals surface area (Å²) in [7, 11) is 0. The van der Waals surface area contributed by atoms with Gasteiger partial charge >= 0.3 is 0 Å². The highest BCUT2D eigenvalue weighted by molar-refractivity contribution is 5.85. The van der Waals surface area contributed by atoms with E-state index < -0.39 is 5.92 Å². The second-order valence-electron chi connectivity index (χ2n) is 8.93. The number of carbonyl (C=O) groups is 1. The number of benzene rings is 2. The van der Waals surface area contributed by atoms with Gasteiger partial charge in [-0.15, -0.1) is 10.2 Å². The van der Waals surface area contributed by atoms with E-state index >= 15 is 0 Å². The fourth-order valence-electron chi connectivity index (χ4n) is 4.79. The molecule has 176 valence electrons. The minimum Gasteiger partial charge on any atom is -0.361 e. The smallest absolute Gasteiger partial charge is 0.230 e. The van der Waals surface area contributed by atoms with E-state index in [0.29, 0.717) is 18.7 Å². The highest BCUT2D eigenvalue weighted by atomic mass is 19.1. The predicted molar refractivity (Wildman–Crippen MR) is 129 cm³/mol. The Morgan fingerprint density at radius 1 is 1.09 bits per heavy atom. The third kappa shape index (κ3) is 4.59. The molecule has 3 heterocycles. The maximum atomic E-state index is 14.1. The number of aromatic nitrogens is 4. The van der Waals surface area contributed by atoms with Gasteiger partial charge in [0.1, 0.15) is 18.5 Å². The molecule has 8 heteroatoms. The highest BCUT2D eigenvalue weighted by Crippen LogP contribution is 2.24. The van der Waals surface area contributed by atoms with Crippen LogP contribution in [-0.4, -0.2) is 68.2 Å². The molecule has 5 rings (SSSR count). The highest BCUT2D eigenvalue weighted by Gasteiger charge is 2.27. The van der Waals surface area contributed by atoms with Crippen molar-refractivity contribution in [1.29, 1.82) is 0 Å². The molecule has 1 N–H and O–H groups in total. The Bertz CT molecular complexity index is 1260. The maximum absolute atomic E-state index is 14.1. The number of fused-ring (bicyclic) bond motifs is 1. The third-order valence-electron chi connectivity index (χ3n) is 6.81. The molecule has 0 aliphatic carbocycles. The molecule has 0 spiro atoms. The van der Waals surface area contributed by atoms with Crippen molar-refractivity contribution in [2.75, 3.05) is 32.7 Å². The predicted octanol–water partition coefficient (Wildman–Crippen LogP) is 3.77. The number of aromatic amines is 1. The number of amides is 1. The van der Waals surface area contributed by atoms with Crippen LogP contribution in [0.2, 0.25) is 0 Å². The lowest BCUT2D eigenvalue weighted by atomic mass is 9.98. The minimum atomic E-state index is -0.461. The first kappa shape index (κ1) is 22.3. The zero-order valence-electron chi connectivity index (χ0n) is 19.3. The monoisotopic (exact) mass is 460 g/mol. The topological polar surface area (TPSA) is 70.1 Å². The van der Waals surface area contributed by atoms with Crippen molar-refractivity contribution < 1.29 is 9.18 Å². The van der Waals surface area contributed by atoms with E-state index in [4.69, 9.17) is 0 Å². The normalized spacial score (nSPS) is 15.6. The Morgan fingerprint density at radius 2 is 1.85 bits per heavy atom. The van der Waals surface area contributed by atoms with Gasteiger partial charge in [0.05, 0.1) is 5.92 Å². The average molecular weight is 461 g/mol. The molecule has 0 saturated carbocycles. The average Bonchev–Trinajstić information content (AvgIpc) is 3.54. The summed E-state index contributed by atoms with van der Waals surface area (Å²) in [6.45, 7) is 5.86. The number of nitrogens with one attached hydrogen (secondary N) is 1. The van der Waals surface area contributed by atoms with Gasteiger partial charge in [0, 0.05) is 49.0 Å². The molecule has 1 fully saturated rings. The van der Waals surface area contributed by atoms with E-state index in [9.17, 15) is 9.18 Å². The van der Waals surface area contributed by atoms with Crippen LogP contribution in [0.5, 0.6) is 0 Å². The Kier molecular flexibility index (Phi) is 6.40. The van der Waals surface area contributed by atoms with Gasteiger partial charge in [-0.25, -0.2) is 4.39 Å². The van der Waals surface area contributed by atoms with E-state index in [0.717, 1.165) is 43.7 Å². The fraction of sp³-hybridized carbons (Fsp3) is 0.346. The van der Waals surface area contributed by atoms with E-state index in [2.05, 4.69) is 44.5 Å². The van der Waals surface area contributed by atoms with Gasteiger partial charge in [-0.05, 0) is 61.7 Å². The summed E-state index contributed by atoms with van der Waals surface area (Å²) in [6.07, 6.45) is 7.53.